The number of benzene rings is 1. The Kier molecular flexibility index (Phi) is 6.37. The van der Waals surface area contributed by atoms with E-state index in [0.29, 0.717) is 0 Å². The van der Waals surface area contributed by atoms with Gasteiger partial charge in [-0.2, -0.15) is 0 Å². The summed E-state index contributed by atoms with van der Waals surface area (Å²) in [5, 5.41) is 0. The minimum atomic E-state index is 0.846. The molecule has 0 amide bonds. The molecule has 1 saturated heterocycles. The monoisotopic (exact) mass is 289 g/mol. The van der Waals surface area contributed by atoms with E-state index >= 15 is 0 Å². The molecule has 0 radical (unpaired) electrons. The van der Waals surface area contributed by atoms with Crippen molar-refractivity contribution in [3.05, 3.63) is 24.3 Å². The zero-order valence-electron chi connectivity index (χ0n) is 13.7. The van der Waals surface area contributed by atoms with E-state index in [-0.39, 0.29) is 0 Å². The van der Waals surface area contributed by atoms with Gasteiger partial charge in [-0.1, -0.05) is 33.1 Å². The Morgan fingerprint density at radius 1 is 1.05 bits per heavy atom. The van der Waals surface area contributed by atoms with E-state index in [9.17, 15) is 0 Å². The fraction of sp³-hybridized carbons (Fsp3) is 0.667. The molecule has 1 aliphatic heterocycles. The highest BCUT2D eigenvalue weighted by Crippen LogP contribution is 2.20. The van der Waals surface area contributed by atoms with Crippen LogP contribution in [0.4, 0.5) is 11.4 Å². The predicted molar refractivity (Wildman–Crippen MR) is 92.8 cm³/mol. The normalized spacial score (nSPS) is 17.9. The maximum Gasteiger partial charge on any atom is 0.0368 e. The number of nitrogens with zero attached hydrogens (tertiary/aromatic N) is 2. The Morgan fingerprint density at radius 2 is 1.71 bits per heavy atom. The Hall–Kier alpha value is -1.22. The zero-order chi connectivity index (χ0) is 15.1. The van der Waals surface area contributed by atoms with Crippen molar-refractivity contribution in [1.29, 1.82) is 0 Å². The standard InChI is InChI=1S/C18H31N3/c1-3-5-6-16(4-2)15-20-11-13-21(14-12-20)18-9-7-17(19)8-10-18/h7-10,16H,3-6,11-15,19H2,1-2H3. The number of hydrogen-bond acceptors (Lipinski definition) is 3. The van der Waals surface area contributed by atoms with Crippen LogP contribution in [-0.4, -0.2) is 37.6 Å². The molecule has 2 N–H and O–H groups in total. The van der Waals surface area contributed by atoms with Crippen molar-refractivity contribution in [1.82, 2.24) is 4.90 Å². The summed E-state index contributed by atoms with van der Waals surface area (Å²) in [5.74, 6) is 0.882. The van der Waals surface area contributed by atoms with Gasteiger partial charge < -0.3 is 10.6 Å². The van der Waals surface area contributed by atoms with E-state index in [1.54, 1.807) is 0 Å². The summed E-state index contributed by atoms with van der Waals surface area (Å²) < 4.78 is 0. The maximum atomic E-state index is 5.76. The molecule has 3 nitrogen and oxygen atoms in total. The molecule has 1 heterocycles. The molecule has 1 atom stereocenters. The van der Waals surface area contributed by atoms with Crippen LogP contribution in [0.3, 0.4) is 0 Å². The van der Waals surface area contributed by atoms with Crippen LogP contribution in [0.25, 0.3) is 0 Å². The summed E-state index contributed by atoms with van der Waals surface area (Å²) >= 11 is 0. The molecule has 0 saturated carbocycles. The van der Waals surface area contributed by atoms with Crippen molar-refractivity contribution in [3.63, 3.8) is 0 Å². The van der Waals surface area contributed by atoms with Gasteiger partial charge in [-0.05, 0) is 36.6 Å². The van der Waals surface area contributed by atoms with Crippen molar-refractivity contribution in [2.75, 3.05) is 43.4 Å². The first-order valence-electron chi connectivity index (χ1n) is 8.55. The van der Waals surface area contributed by atoms with Crippen molar-refractivity contribution < 1.29 is 0 Å². The number of nitrogen functional groups attached to an aromatic ring is 1. The SMILES string of the molecule is CCCCC(CC)CN1CCN(c2ccc(N)cc2)CC1. The highest BCUT2D eigenvalue weighted by molar-refractivity contribution is 5.53. The number of anilines is 2. The fourth-order valence-electron chi connectivity index (χ4n) is 3.16. The van der Waals surface area contributed by atoms with Gasteiger partial charge in [0.25, 0.3) is 0 Å². The lowest BCUT2D eigenvalue weighted by molar-refractivity contribution is 0.208. The molecule has 1 aromatic carbocycles. The predicted octanol–water partition coefficient (Wildman–Crippen LogP) is 3.61. The van der Waals surface area contributed by atoms with Crippen LogP contribution in [0.2, 0.25) is 0 Å². The summed E-state index contributed by atoms with van der Waals surface area (Å²) in [6.07, 6.45) is 5.41. The molecule has 0 aromatic heterocycles. The van der Waals surface area contributed by atoms with Gasteiger partial charge >= 0.3 is 0 Å². The Morgan fingerprint density at radius 3 is 2.29 bits per heavy atom. The Bertz CT molecular complexity index is 393. The Labute approximate surface area is 130 Å². The molecule has 0 aliphatic carbocycles. The summed E-state index contributed by atoms with van der Waals surface area (Å²) in [6, 6.07) is 8.28. The van der Waals surface area contributed by atoms with Crippen LogP contribution < -0.4 is 10.6 Å². The number of piperazine rings is 1. The zero-order valence-corrected chi connectivity index (χ0v) is 13.7. The van der Waals surface area contributed by atoms with Gasteiger partial charge in [0.05, 0.1) is 0 Å². The first-order chi connectivity index (χ1) is 10.2. The van der Waals surface area contributed by atoms with Crippen molar-refractivity contribution in [2.24, 2.45) is 5.92 Å². The fourth-order valence-corrected chi connectivity index (χ4v) is 3.16. The lowest BCUT2D eigenvalue weighted by Gasteiger charge is -2.37. The van der Waals surface area contributed by atoms with E-state index in [1.807, 2.05) is 12.1 Å². The van der Waals surface area contributed by atoms with E-state index in [2.05, 4.69) is 35.8 Å². The first-order valence-corrected chi connectivity index (χ1v) is 8.55. The second kappa shape index (κ2) is 8.28. The first kappa shape index (κ1) is 16.2. The van der Waals surface area contributed by atoms with Crippen LogP contribution in [0.5, 0.6) is 0 Å². The summed E-state index contributed by atoms with van der Waals surface area (Å²) in [6.45, 7) is 10.6. The van der Waals surface area contributed by atoms with Crippen molar-refractivity contribution in [2.45, 2.75) is 39.5 Å². The van der Waals surface area contributed by atoms with Crippen LogP contribution in [-0.2, 0) is 0 Å². The van der Waals surface area contributed by atoms with Crippen molar-refractivity contribution >= 4 is 11.4 Å². The molecule has 1 unspecified atom stereocenters. The van der Waals surface area contributed by atoms with Gasteiger partial charge in [-0.3, -0.25) is 4.90 Å². The molecular weight excluding hydrogens is 258 g/mol. The van der Waals surface area contributed by atoms with Gasteiger partial charge in [-0.15, -0.1) is 0 Å². The average molecular weight is 289 g/mol. The molecule has 1 aromatic rings. The van der Waals surface area contributed by atoms with Gasteiger partial charge in [0.1, 0.15) is 0 Å². The third-order valence-electron chi connectivity index (χ3n) is 4.69. The third-order valence-corrected chi connectivity index (χ3v) is 4.69. The van der Waals surface area contributed by atoms with E-state index in [1.165, 1.54) is 51.0 Å². The van der Waals surface area contributed by atoms with Gasteiger partial charge in [-0.25, -0.2) is 0 Å². The minimum Gasteiger partial charge on any atom is -0.399 e. The van der Waals surface area contributed by atoms with Crippen LogP contribution in [0.15, 0.2) is 24.3 Å². The highest BCUT2D eigenvalue weighted by atomic mass is 15.3. The van der Waals surface area contributed by atoms with Crippen LogP contribution in [0, 0.1) is 5.92 Å². The smallest absolute Gasteiger partial charge is 0.0368 e. The number of hydrogen-bond donors (Lipinski definition) is 1. The second-order valence-electron chi connectivity index (χ2n) is 6.30. The summed E-state index contributed by atoms with van der Waals surface area (Å²) in [5.41, 5.74) is 7.92. The molecule has 2 rings (SSSR count). The average Bonchev–Trinajstić information content (AvgIpc) is 2.53. The maximum absolute atomic E-state index is 5.76. The second-order valence-corrected chi connectivity index (χ2v) is 6.30. The molecule has 21 heavy (non-hydrogen) atoms. The molecule has 1 aliphatic rings. The van der Waals surface area contributed by atoms with Crippen LogP contribution in [0.1, 0.15) is 39.5 Å². The molecule has 0 spiro atoms. The third kappa shape index (κ3) is 4.92. The largest absolute Gasteiger partial charge is 0.399 e. The molecule has 0 bridgehead atoms. The minimum absolute atomic E-state index is 0.846. The lowest BCUT2D eigenvalue weighted by atomic mass is 9.98. The van der Waals surface area contributed by atoms with E-state index in [0.717, 1.165) is 24.7 Å². The van der Waals surface area contributed by atoms with E-state index < -0.39 is 0 Å². The summed E-state index contributed by atoms with van der Waals surface area (Å²) in [7, 11) is 0. The topological polar surface area (TPSA) is 32.5 Å². The van der Waals surface area contributed by atoms with Gasteiger partial charge in [0, 0.05) is 44.1 Å². The molecule has 118 valence electrons. The number of unbranched alkanes of at least 4 members (excludes halogenated alkanes) is 1. The van der Waals surface area contributed by atoms with E-state index in [4.69, 9.17) is 5.73 Å². The molecular formula is C18H31N3. The van der Waals surface area contributed by atoms with Gasteiger partial charge in [0.2, 0.25) is 0 Å². The van der Waals surface area contributed by atoms with Crippen molar-refractivity contribution in [3.8, 4) is 0 Å². The Balaban J connectivity index is 1.78. The lowest BCUT2D eigenvalue weighted by Crippen LogP contribution is -2.47. The number of rotatable bonds is 7. The summed E-state index contributed by atoms with van der Waals surface area (Å²) in [4.78, 5) is 5.13. The van der Waals surface area contributed by atoms with Gasteiger partial charge in [0.15, 0.2) is 0 Å². The number of nitrogens with two attached hydrogens (primary N) is 1. The molecule has 1 fully saturated rings. The quantitative estimate of drug-likeness (QED) is 0.778. The highest BCUT2D eigenvalue weighted by Gasteiger charge is 2.19. The molecule has 3 heteroatoms. The van der Waals surface area contributed by atoms with Crippen LogP contribution >= 0.6 is 0 Å².